The second-order valence-electron chi connectivity index (χ2n) is 0. The van der Waals surface area contributed by atoms with Gasteiger partial charge in [0.2, 0.25) is 0 Å². The van der Waals surface area contributed by atoms with Gasteiger partial charge in [-0.1, -0.05) is 13.2 Å². The molecule has 0 aromatic heterocycles. The van der Waals surface area contributed by atoms with Gasteiger partial charge in [0.25, 0.3) is 0 Å². The number of rotatable bonds is 0. The number of nitrogens with zero attached hydrogens (tertiary/aromatic N) is 1. The van der Waals surface area contributed by atoms with Crippen molar-refractivity contribution in [3.8, 4) is 6.57 Å². The molecule has 0 saturated heterocycles. The summed E-state index contributed by atoms with van der Waals surface area (Å²) in [5.74, 6) is 0. The molecule has 0 aromatic carbocycles. The van der Waals surface area contributed by atoms with Crippen LogP contribution in [0.4, 0.5) is 0 Å². The van der Waals surface area contributed by atoms with Gasteiger partial charge >= 0.3 is 0 Å². The van der Waals surface area contributed by atoms with Crippen molar-refractivity contribution in [2.24, 2.45) is 0 Å². The zero-order valence-electron chi connectivity index (χ0n) is 2.31. The average molecular weight is 54.1 g/mol. The second kappa shape index (κ2) is 5.69. The van der Waals surface area contributed by atoms with Crippen LogP contribution in [0.3, 0.4) is 0 Å². The minimum atomic E-state index is 2.75. The summed E-state index contributed by atoms with van der Waals surface area (Å²) >= 11 is 0. The fourth-order valence-electron chi connectivity index (χ4n) is 0. The van der Waals surface area contributed by atoms with Crippen LogP contribution in [-0.4, -0.2) is 0 Å². The van der Waals surface area contributed by atoms with E-state index in [9.17, 15) is 0 Å². The van der Waals surface area contributed by atoms with E-state index >= 15 is 0 Å². The Kier molecular flexibility index (Phi) is 15.1. The first-order valence-corrected chi connectivity index (χ1v) is 0.666. The van der Waals surface area contributed by atoms with Crippen LogP contribution in [0.5, 0.6) is 0 Å². The number of hydrogen-bond acceptors (Lipinski definition) is 1. The molecule has 4 heavy (non-hydrogen) atoms. The van der Waals surface area contributed by atoms with Gasteiger partial charge in [0.05, 0.1) is 0 Å². The molecule has 0 unspecified atom stereocenters. The molecule has 0 amide bonds. The van der Waals surface area contributed by atoms with Crippen LogP contribution in [0.2, 0.25) is 0 Å². The summed E-state index contributed by atoms with van der Waals surface area (Å²) < 4.78 is 0. The van der Waals surface area contributed by atoms with E-state index in [4.69, 9.17) is 5.26 Å². The molecule has 0 aliphatic carbocycles. The lowest BCUT2D eigenvalue weighted by molar-refractivity contribution is 1.58. The van der Waals surface area contributed by atoms with Crippen molar-refractivity contribution in [2.45, 2.75) is 0 Å². The Balaban J connectivity index is 0. The fraction of sp³-hybridized carbons (Fsp3) is 0. The molecule has 0 aromatic rings. The van der Waals surface area contributed by atoms with Crippen LogP contribution in [0.1, 0.15) is 0 Å². The summed E-state index contributed by atoms with van der Waals surface area (Å²) in [5.41, 5.74) is 0. The van der Waals surface area contributed by atoms with Crippen molar-refractivity contribution in [3.05, 3.63) is 13.2 Å². The van der Waals surface area contributed by atoms with Gasteiger partial charge in [-0.3, -0.25) is 0 Å². The van der Waals surface area contributed by atoms with Gasteiger partial charge in [-0.2, -0.15) is 0 Å². The normalized spacial score (nSPS) is 1.50. The molecule has 0 spiro atoms. The molecular formula is C3H4N. The van der Waals surface area contributed by atoms with Crippen LogP contribution in [0, 0.1) is 18.4 Å². The number of hydrogen-bond donors (Lipinski definition) is 0. The lowest BCUT2D eigenvalue weighted by Gasteiger charge is -0.792. The largest absolute Gasteiger partial charge is 0.202 e. The minimum Gasteiger partial charge on any atom is -0.202 e. The zero-order valence-corrected chi connectivity index (χ0v) is 2.31. The molecule has 1 radical (unpaired) electrons. The molecule has 0 aliphatic rings. The highest BCUT2D eigenvalue weighted by molar-refractivity contribution is 4.10. The van der Waals surface area contributed by atoms with Gasteiger partial charge in [0.15, 0.2) is 0 Å². The van der Waals surface area contributed by atoms with E-state index in [-0.39, 0.29) is 0 Å². The Labute approximate surface area is 26.2 Å². The van der Waals surface area contributed by atoms with Crippen LogP contribution < -0.4 is 0 Å². The highest BCUT2D eigenvalue weighted by Gasteiger charge is 0.623. The third-order valence-electron chi connectivity index (χ3n) is 0. The predicted octanol–water partition coefficient (Wildman–Crippen LogP) is 0.745. The van der Waals surface area contributed by atoms with Crippen molar-refractivity contribution in [1.29, 1.82) is 5.26 Å². The van der Waals surface area contributed by atoms with Gasteiger partial charge in [0, 0.05) is 6.57 Å². The molecule has 0 saturated carbocycles. The number of nitriles is 1. The van der Waals surface area contributed by atoms with E-state index in [0.717, 1.165) is 0 Å². The monoisotopic (exact) mass is 54.0 g/mol. The molecule has 0 heterocycles. The second-order valence-corrected chi connectivity index (χ2v) is 0. The highest BCUT2D eigenvalue weighted by Crippen LogP contribution is 0.826. The molecule has 0 rings (SSSR count). The van der Waals surface area contributed by atoms with Gasteiger partial charge in [-0.25, -0.2) is 5.26 Å². The van der Waals surface area contributed by atoms with Gasteiger partial charge in [-0.05, 0) is 0 Å². The Morgan fingerprint density at radius 1 is 1.25 bits per heavy atom. The average Bonchev–Trinajstić information content (AvgIpc) is 1.50. The molecule has 1 heteroatoms. The van der Waals surface area contributed by atoms with Crippen molar-refractivity contribution in [1.82, 2.24) is 0 Å². The summed E-state index contributed by atoms with van der Waals surface area (Å²) in [4.78, 5) is 0. The molecule has 21 valence electrons. The summed E-state index contributed by atoms with van der Waals surface area (Å²) in [6, 6.07) is 0. The highest BCUT2D eigenvalue weighted by atomic mass is 14.2. The lowest BCUT2D eigenvalue weighted by Crippen LogP contribution is -0.590. The maximum Gasteiger partial charge on any atom is 0.0462 e. The molecule has 1 nitrogen and oxygen atoms in total. The molecule has 0 N–H and O–H groups in total. The van der Waals surface area contributed by atoms with Gasteiger partial charge < -0.3 is 0 Å². The maximum atomic E-state index is 6.50. The van der Waals surface area contributed by atoms with E-state index in [1.807, 2.05) is 0 Å². The van der Waals surface area contributed by atoms with Gasteiger partial charge in [-0.15, -0.1) is 0 Å². The van der Waals surface area contributed by atoms with Crippen molar-refractivity contribution in [3.63, 3.8) is 0 Å². The fourth-order valence-corrected chi connectivity index (χ4v) is 0. The van der Waals surface area contributed by atoms with Crippen LogP contribution in [0.15, 0.2) is 6.58 Å². The standard InChI is InChI=1S/C2H3.CHN/c2*1-2/h1H,2H2;1H. The van der Waals surface area contributed by atoms with Gasteiger partial charge in [0.1, 0.15) is 0 Å². The van der Waals surface area contributed by atoms with E-state index in [0.29, 0.717) is 0 Å². The summed E-state index contributed by atoms with van der Waals surface area (Å²) in [5, 5.41) is 6.50. The predicted molar refractivity (Wildman–Crippen MR) is 16.6 cm³/mol. The SMILES string of the molecule is C#N.[CH]=C. The van der Waals surface area contributed by atoms with Crippen molar-refractivity contribution in [2.75, 3.05) is 0 Å². The van der Waals surface area contributed by atoms with Crippen LogP contribution in [-0.2, 0) is 0 Å². The van der Waals surface area contributed by atoms with Crippen LogP contribution >= 0.6 is 0 Å². The van der Waals surface area contributed by atoms with Crippen LogP contribution in [0.25, 0.3) is 0 Å². The topological polar surface area (TPSA) is 23.8 Å². The Hall–Kier alpha value is -0.770. The molecule has 0 aliphatic heterocycles. The Bertz CT molecular complexity index is 14.5. The summed E-state index contributed by atoms with van der Waals surface area (Å²) in [7, 11) is 0. The Morgan fingerprint density at radius 3 is 1.25 bits per heavy atom. The smallest absolute Gasteiger partial charge is 0.0462 e. The first-order chi connectivity index (χ1) is 2.00. The van der Waals surface area contributed by atoms with E-state index in [1.54, 1.807) is 0 Å². The first-order valence-electron chi connectivity index (χ1n) is 0.666. The summed E-state index contributed by atoms with van der Waals surface area (Å²) in [6.45, 7) is 10.5. The molecular weight excluding hydrogens is 50.0 g/mol. The Morgan fingerprint density at radius 2 is 1.25 bits per heavy atom. The quantitative estimate of drug-likeness (QED) is 0.400. The molecule has 0 fully saturated rings. The third kappa shape index (κ3) is 0.110. The molecule has 0 atom stereocenters. The summed E-state index contributed by atoms with van der Waals surface area (Å²) in [6.07, 6.45) is 0. The third-order valence-corrected chi connectivity index (χ3v) is 0. The minimum absolute atomic E-state index is 2.75. The molecule has 0 bridgehead atoms. The zero-order chi connectivity index (χ0) is 4.00. The van der Waals surface area contributed by atoms with E-state index in [2.05, 4.69) is 19.7 Å². The first kappa shape index (κ1) is 10.6. The van der Waals surface area contributed by atoms with E-state index in [1.165, 1.54) is 0 Å². The van der Waals surface area contributed by atoms with Crippen molar-refractivity contribution >= 4 is 0 Å². The lowest BCUT2D eigenvalue weighted by atomic mass is 11.3. The van der Waals surface area contributed by atoms with Crippen molar-refractivity contribution < 1.29 is 0 Å². The van der Waals surface area contributed by atoms with E-state index < -0.39 is 0 Å². The maximum absolute atomic E-state index is 6.50.